The monoisotopic (exact) mass is 467 g/mol. The van der Waals surface area contributed by atoms with Crippen LogP contribution in [0.15, 0.2) is 54.6 Å². The van der Waals surface area contributed by atoms with Crippen molar-refractivity contribution in [3.8, 4) is 11.3 Å². The van der Waals surface area contributed by atoms with E-state index in [1.165, 1.54) is 19.3 Å². The quantitative estimate of drug-likeness (QED) is 0.518. The summed E-state index contributed by atoms with van der Waals surface area (Å²) in [6.45, 7) is 2.06. The number of para-hydroxylation sites is 1. The van der Waals surface area contributed by atoms with Gasteiger partial charge in [0, 0.05) is 30.5 Å². The summed E-state index contributed by atoms with van der Waals surface area (Å²) in [6, 6.07) is 17.2. The molecule has 1 aromatic heterocycles. The van der Waals surface area contributed by atoms with E-state index in [9.17, 15) is 13.2 Å². The highest BCUT2D eigenvalue weighted by Crippen LogP contribution is 2.31. The van der Waals surface area contributed by atoms with Crippen molar-refractivity contribution >= 4 is 26.8 Å². The van der Waals surface area contributed by atoms with Crippen LogP contribution in [0.1, 0.15) is 56.4 Å². The summed E-state index contributed by atoms with van der Waals surface area (Å²) in [5, 5.41) is 3.95. The molecule has 0 bridgehead atoms. The number of nitrogens with one attached hydrogen (secondary N) is 2. The number of fused-ring (bicyclic) bond motifs is 1. The van der Waals surface area contributed by atoms with E-state index in [0.29, 0.717) is 28.3 Å². The van der Waals surface area contributed by atoms with Crippen LogP contribution in [0.4, 0.5) is 0 Å². The van der Waals surface area contributed by atoms with Crippen molar-refractivity contribution in [2.24, 2.45) is 5.92 Å². The number of aromatic nitrogens is 1. The van der Waals surface area contributed by atoms with E-state index in [-0.39, 0.29) is 19.9 Å². The molecule has 1 aliphatic rings. The van der Waals surface area contributed by atoms with Crippen LogP contribution >= 0.6 is 0 Å². The molecule has 1 atom stereocenters. The van der Waals surface area contributed by atoms with Crippen molar-refractivity contribution in [1.82, 2.24) is 15.0 Å². The number of benzene rings is 2. The van der Waals surface area contributed by atoms with E-state index in [1.807, 2.05) is 54.6 Å². The average Bonchev–Trinajstić information content (AvgIpc) is 2.82. The molecule has 1 saturated carbocycles. The fourth-order valence-electron chi connectivity index (χ4n) is 4.75. The first-order valence-corrected chi connectivity index (χ1v) is 13.4. The van der Waals surface area contributed by atoms with Crippen LogP contribution in [-0.2, 0) is 16.6 Å². The first kappa shape index (κ1) is 23.4. The summed E-state index contributed by atoms with van der Waals surface area (Å²) in [5.74, 6) is 0.274. The minimum atomic E-state index is -3.47. The molecule has 1 heterocycles. The fourth-order valence-corrected chi connectivity index (χ4v) is 5.16. The summed E-state index contributed by atoms with van der Waals surface area (Å²) in [6.07, 6.45) is 7.02. The lowest BCUT2D eigenvalue weighted by Gasteiger charge is -2.29. The second-order valence-corrected chi connectivity index (χ2v) is 10.8. The molecular weight excluding hydrogens is 434 g/mol. The molecule has 33 heavy (non-hydrogen) atoms. The Morgan fingerprint density at radius 2 is 1.73 bits per heavy atom. The van der Waals surface area contributed by atoms with Gasteiger partial charge in [0.1, 0.15) is 0 Å². The number of hydrogen-bond acceptors (Lipinski definition) is 4. The zero-order valence-electron chi connectivity index (χ0n) is 19.2. The van der Waals surface area contributed by atoms with Crippen molar-refractivity contribution in [3.05, 3.63) is 65.7 Å². The van der Waals surface area contributed by atoms with Crippen LogP contribution in [0.3, 0.4) is 0 Å². The normalized spacial score (nSPS) is 15.9. The second-order valence-electron chi connectivity index (χ2n) is 8.95. The molecular formula is C26H33N3O3S. The predicted molar refractivity (Wildman–Crippen MR) is 134 cm³/mol. The third-order valence-corrected chi connectivity index (χ3v) is 7.16. The molecule has 1 amide bonds. The number of carbonyl (C=O) groups excluding carboxylic acids is 1. The third-order valence-electron chi connectivity index (χ3n) is 6.49. The summed E-state index contributed by atoms with van der Waals surface area (Å²) in [4.78, 5) is 18.6. The highest BCUT2D eigenvalue weighted by molar-refractivity contribution is 7.88. The SMILES string of the molecule is C[C@H](NC(=O)c1c(CNS(C)(=O)=O)c(-c2ccccc2)nc2ccccc12)C1CCCCC1.[HH]. The van der Waals surface area contributed by atoms with Crippen molar-refractivity contribution < 1.29 is 14.6 Å². The molecule has 1 aliphatic carbocycles. The van der Waals surface area contributed by atoms with Crippen molar-refractivity contribution in [1.29, 1.82) is 0 Å². The number of rotatable bonds is 7. The number of sulfonamides is 1. The Morgan fingerprint density at radius 1 is 1.06 bits per heavy atom. The molecule has 0 saturated heterocycles. The number of carbonyl (C=O) groups is 1. The lowest BCUT2D eigenvalue weighted by Crippen LogP contribution is -2.39. The molecule has 0 unspecified atom stereocenters. The zero-order chi connectivity index (χ0) is 23.4. The minimum Gasteiger partial charge on any atom is -0.349 e. The maximum absolute atomic E-state index is 13.7. The van der Waals surface area contributed by atoms with Gasteiger partial charge < -0.3 is 5.32 Å². The van der Waals surface area contributed by atoms with Crippen LogP contribution in [-0.4, -0.2) is 31.6 Å². The Bertz CT molecular complexity index is 1240. The van der Waals surface area contributed by atoms with Gasteiger partial charge in [-0.3, -0.25) is 4.79 Å². The third kappa shape index (κ3) is 5.60. The van der Waals surface area contributed by atoms with Crippen LogP contribution in [0, 0.1) is 5.92 Å². The molecule has 1 fully saturated rings. The second kappa shape index (κ2) is 10.0. The molecule has 3 aromatic rings. The van der Waals surface area contributed by atoms with Crippen LogP contribution in [0.5, 0.6) is 0 Å². The molecule has 0 radical (unpaired) electrons. The van der Waals surface area contributed by atoms with E-state index in [2.05, 4.69) is 17.0 Å². The van der Waals surface area contributed by atoms with Gasteiger partial charge in [0.05, 0.1) is 23.0 Å². The van der Waals surface area contributed by atoms with Gasteiger partial charge in [0.25, 0.3) is 5.91 Å². The van der Waals surface area contributed by atoms with Gasteiger partial charge in [0.2, 0.25) is 10.0 Å². The Hall–Kier alpha value is -2.77. The maximum atomic E-state index is 13.7. The zero-order valence-corrected chi connectivity index (χ0v) is 20.0. The highest BCUT2D eigenvalue weighted by atomic mass is 32.2. The van der Waals surface area contributed by atoms with Gasteiger partial charge >= 0.3 is 0 Å². The van der Waals surface area contributed by atoms with Crippen molar-refractivity contribution in [3.63, 3.8) is 0 Å². The maximum Gasteiger partial charge on any atom is 0.252 e. The number of hydrogen-bond donors (Lipinski definition) is 2. The smallest absolute Gasteiger partial charge is 0.252 e. The van der Waals surface area contributed by atoms with Gasteiger partial charge in [-0.25, -0.2) is 18.1 Å². The molecule has 4 rings (SSSR count). The van der Waals surface area contributed by atoms with Gasteiger partial charge in [-0.1, -0.05) is 67.8 Å². The van der Waals surface area contributed by atoms with Crippen LogP contribution in [0.25, 0.3) is 22.2 Å². The largest absolute Gasteiger partial charge is 0.349 e. The van der Waals surface area contributed by atoms with Crippen molar-refractivity contribution in [2.75, 3.05) is 6.26 Å². The van der Waals surface area contributed by atoms with Gasteiger partial charge in [-0.15, -0.1) is 0 Å². The van der Waals surface area contributed by atoms with Gasteiger partial charge in [0.15, 0.2) is 0 Å². The molecule has 0 spiro atoms. The van der Waals surface area contributed by atoms with E-state index >= 15 is 0 Å². The van der Waals surface area contributed by atoms with Crippen molar-refractivity contribution in [2.45, 2.75) is 51.6 Å². The van der Waals surface area contributed by atoms with Crippen LogP contribution in [0.2, 0.25) is 0 Å². The Balaban J connectivity index is 0.00000324. The first-order chi connectivity index (χ1) is 15.8. The molecule has 2 aromatic carbocycles. The summed E-state index contributed by atoms with van der Waals surface area (Å²) in [5.41, 5.74) is 3.22. The standard InChI is InChI=1S/C26H31N3O3S.H2/c1-18(19-11-5-3-6-12-19)28-26(30)24-21-15-9-10-16-23(21)29-25(20-13-7-4-8-14-20)22(24)17-27-33(2,31)32;/h4,7-10,13-16,18-19,27H,3,5-6,11-12,17H2,1-2H3,(H,28,30);1H/t18-;/m0./s1. The van der Waals surface area contributed by atoms with E-state index in [4.69, 9.17) is 4.98 Å². The average molecular weight is 468 g/mol. The summed E-state index contributed by atoms with van der Waals surface area (Å²) < 4.78 is 26.5. The fraction of sp³-hybridized carbons (Fsp3) is 0.385. The summed E-state index contributed by atoms with van der Waals surface area (Å²) in [7, 11) is -3.47. The topological polar surface area (TPSA) is 88.2 Å². The Kier molecular flexibility index (Phi) is 7.10. The number of amides is 1. The lowest BCUT2D eigenvalue weighted by molar-refractivity contribution is 0.0920. The highest BCUT2D eigenvalue weighted by Gasteiger charge is 2.26. The Labute approximate surface area is 197 Å². The van der Waals surface area contributed by atoms with Gasteiger partial charge in [-0.2, -0.15) is 0 Å². The molecule has 0 aliphatic heterocycles. The lowest BCUT2D eigenvalue weighted by atomic mass is 9.84. The van der Waals surface area contributed by atoms with E-state index in [1.54, 1.807) is 0 Å². The van der Waals surface area contributed by atoms with Crippen LogP contribution < -0.4 is 10.0 Å². The summed E-state index contributed by atoms with van der Waals surface area (Å²) >= 11 is 0. The van der Waals surface area contributed by atoms with E-state index < -0.39 is 10.0 Å². The number of pyridine rings is 1. The van der Waals surface area contributed by atoms with Gasteiger partial charge in [-0.05, 0) is 31.7 Å². The Morgan fingerprint density at radius 3 is 2.42 bits per heavy atom. The minimum absolute atomic E-state index is 0. The number of nitrogens with zero attached hydrogens (tertiary/aromatic N) is 1. The molecule has 176 valence electrons. The first-order valence-electron chi connectivity index (χ1n) is 11.6. The van der Waals surface area contributed by atoms with E-state index in [0.717, 1.165) is 30.0 Å². The predicted octanol–water partition coefficient (Wildman–Crippen LogP) is 4.90. The molecule has 2 N–H and O–H groups in total. The molecule has 7 heteroatoms. The molecule has 6 nitrogen and oxygen atoms in total.